The molecule has 0 aliphatic carbocycles. The minimum absolute atomic E-state index is 0.00160. The van der Waals surface area contributed by atoms with Crippen LogP contribution in [0.1, 0.15) is 42.3 Å². The number of halogens is 1. The molecule has 6 rings (SSSR count). The smallest absolute Gasteiger partial charge is 0.259 e. The summed E-state index contributed by atoms with van der Waals surface area (Å²) < 4.78 is 32.0. The van der Waals surface area contributed by atoms with Crippen LogP contribution in [-0.4, -0.2) is 101 Å². The summed E-state index contributed by atoms with van der Waals surface area (Å²) in [6.45, 7) is 9.00. The highest BCUT2D eigenvalue weighted by molar-refractivity contribution is 6.20. The molecule has 1 saturated heterocycles. The van der Waals surface area contributed by atoms with E-state index in [2.05, 4.69) is 15.2 Å². The SMILES string of the molecule is C[C@@H]1CN(CC(C)(O)COc2ccc3c(c2OCCc2ccc(F)cc2)N=C(NC(=O)c2cccnc2)N2CCN=C32)C[C@H](C)O1. The van der Waals surface area contributed by atoms with E-state index in [0.29, 0.717) is 60.6 Å². The second-order valence-electron chi connectivity index (χ2n) is 12.2. The number of benzene rings is 2. The van der Waals surface area contributed by atoms with Crippen LogP contribution in [0.3, 0.4) is 0 Å². The largest absolute Gasteiger partial charge is 0.487 e. The van der Waals surface area contributed by atoms with Crippen LogP contribution in [0.4, 0.5) is 10.1 Å². The molecule has 2 aromatic carbocycles. The number of morpholine rings is 1. The van der Waals surface area contributed by atoms with Gasteiger partial charge in [0.2, 0.25) is 5.96 Å². The van der Waals surface area contributed by atoms with Crippen molar-refractivity contribution in [1.82, 2.24) is 20.1 Å². The van der Waals surface area contributed by atoms with Crippen LogP contribution < -0.4 is 14.8 Å². The van der Waals surface area contributed by atoms with E-state index < -0.39 is 5.60 Å². The molecular formula is C34H39FN6O5. The van der Waals surface area contributed by atoms with E-state index in [4.69, 9.17) is 24.2 Å². The van der Waals surface area contributed by atoms with Crippen molar-refractivity contribution in [3.05, 3.63) is 83.4 Å². The first kappa shape index (κ1) is 31.6. The molecule has 0 radical (unpaired) electrons. The first-order chi connectivity index (χ1) is 22.1. The lowest BCUT2D eigenvalue weighted by Gasteiger charge is -2.39. The lowest BCUT2D eigenvalue weighted by atomic mass is 10.1. The maximum Gasteiger partial charge on any atom is 0.259 e. The van der Waals surface area contributed by atoms with Gasteiger partial charge < -0.3 is 19.3 Å². The summed E-state index contributed by atoms with van der Waals surface area (Å²) in [5.41, 5.74) is 1.34. The molecule has 0 spiro atoms. The number of carbonyl (C=O) groups excluding carboxylic acids is 1. The number of amidine groups is 1. The monoisotopic (exact) mass is 630 g/mol. The Hall–Kier alpha value is -4.39. The molecule has 242 valence electrons. The summed E-state index contributed by atoms with van der Waals surface area (Å²) in [6.07, 6.45) is 3.76. The number of aliphatic hydroxyl groups is 1. The number of nitrogens with one attached hydrogen (secondary N) is 1. The van der Waals surface area contributed by atoms with Crippen molar-refractivity contribution < 1.29 is 28.5 Å². The summed E-state index contributed by atoms with van der Waals surface area (Å²) in [5, 5.41) is 14.3. The highest BCUT2D eigenvalue weighted by atomic mass is 19.1. The van der Waals surface area contributed by atoms with Crippen molar-refractivity contribution in [1.29, 1.82) is 0 Å². The fourth-order valence-electron chi connectivity index (χ4n) is 6.01. The number of fused-ring (bicyclic) bond motifs is 3. The van der Waals surface area contributed by atoms with Gasteiger partial charge in [0.15, 0.2) is 11.5 Å². The van der Waals surface area contributed by atoms with Crippen LogP contribution >= 0.6 is 0 Å². The minimum atomic E-state index is -1.17. The van der Waals surface area contributed by atoms with E-state index in [0.717, 1.165) is 24.2 Å². The van der Waals surface area contributed by atoms with Gasteiger partial charge >= 0.3 is 0 Å². The molecule has 11 nitrogen and oxygen atoms in total. The van der Waals surface area contributed by atoms with E-state index >= 15 is 0 Å². The molecule has 4 heterocycles. The van der Waals surface area contributed by atoms with Crippen LogP contribution in [0.5, 0.6) is 11.5 Å². The molecule has 3 aromatic rings. The zero-order valence-electron chi connectivity index (χ0n) is 26.3. The number of pyridine rings is 1. The van der Waals surface area contributed by atoms with Crippen molar-refractivity contribution in [2.45, 2.75) is 45.0 Å². The topological polar surface area (TPSA) is 121 Å². The van der Waals surface area contributed by atoms with E-state index in [1.54, 1.807) is 43.5 Å². The molecule has 3 atom stereocenters. The van der Waals surface area contributed by atoms with Gasteiger partial charge in [0.1, 0.15) is 29.5 Å². The van der Waals surface area contributed by atoms with Crippen molar-refractivity contribution in [2.24, 2.45) is 9.98 Å². The average molecular weight is 631 g/mol. The number of guanidine groups is 1. The fraction of sp³-hybridized carbons (Fsp3) is 0.412. The minimum Gasteiger partial charge on any atom is -0.487 e. The summed E-state index contributed by atoms with van der Waals surface area (Å²) in [5.74, 6) is 1.10. The van der Waals surface area contributed by atoms with Crippen LogP contribution in [0, 0.1) is 5.82 Å². The van der Waals surface area contributed by atoms with Gasteiger partial charge in [-0.2, -0.15) is 0 Å². The van der Waals surface area contributed by atoms with Crippen molar-refractivity contribution in [3.63, 3.8) is 0 Å². The molecule has 0 bridgehead atoms. The van der Waals surface area contributed by atoms with Crippen LogP contribution in [0.2, 0.25) is 0 Å². The maximum absolute atomic E-state index is 13.5. The molecule has 1 unspecified atom stereocenters. The van der Waals surface area contributed by atoms with Crippen LogP contribution in [0.15, 0.2) is 70.9 Å². The molecule has 2 N–H and O–H groups in total. The number of hydrogen-bond acceptors (Lipinski definition) is 10. The number of ether oxygens (including phenoxy) is 3. The normalized spacial score (nSPS) is 20.6. The molecule has 12 heteroatoms. The average Bonchev–Trinajstić information content (AvgIpc) is 3.52. The van der Waals surface area contributed by atoms with Gasteiger partial charge in [-0.1, -0.05) is 12.1 Å². The fourth-order valence-corrected chi connectivity index (χ4v) is 6.01. The number of carbonyl (C=O) groups is 1. The Balaban J connectivity index is 1.28. The summed E-state index contributed by atoms with van der Waals surface area (Å²) >= 11 is 0. The Labute approximate surface area is 267 Å². The molecule has 1 aromatic heterocycles. The van der Waals surface area contributed by atoms with Gasteiger partial charge in [0, 0.05) is 50.6 Å². The van der Waals surface area contributed by atoms with Crippen molar-refractivity contribution in [2.75, 3.05) is 45.9 Å². The number of β-amino-alcohol motifs (C(OH)–C–C–N with tert-alkyl or cyclic N) is 1. The Morgan fingerprint density at radius 1 is 1.13 bits per heavy atom. The summed E-state index contributed by atoms with van der Waals surface area (Å²) in [6, 6.07) is 13.3. The molecule has 0 saturated carbocycles. The quantitative estimate of drug-likeness (QED) is 0.349. The summed E-state index contributed by atoms with van der Waals surface area (Å²) in [7, 11) is 0. The molecule has 1 amide bonds. The molecule has 46 heavy (non-hydrogen) atoms. The Kier molecular flexibility index (Phi) is 9.29. The maximum atomic E-state index is 13.5. The second kappa shape index (κ2) is 13.5. The number of aromatic nitrogens is 1. The van der Waals surface area contributed by atoms with E-state index in [9.17, 15) is 14.3 Å². The van der Waals surface area contributed by atoms with E-state index in [1.165, 1.54) is 18.3 Å². The van der Waals surface area contributed by atoms with Gasteiger partial charge in [-0.05, 0) is 62.7 Å². The molecule has 3 aliphatic heterocycles. The van der Waals surface area contributed by atoms with Crippen LogP contribution in [0.25, 0.3) is 0 Å². The van der Waals surface area contributed by atoms with E-state index in [1.807, 2.05) is 24.8 Å². The zero-order chi connectivity index (χ0) is 32.3. The number of rotatable bonds is 10. The zero-order valence-corrected chi connectivity index (χ0v) is 26.3. The van der Waals surface area contributed by atoms with Crippen molar-refractivity contribution >= 4 is 23.4 Å². The lowest BCUT2D eigenvalue weighted by molar-refractivity contribution is -0.0952. The number of aliphatic imine (C=N–C) groups is 2. The number of hydrogen-bond donors (Lipinski definition) is 2. The van der Waals surface area contributed by atoms with Gasteiger partial charge in [0.05, 0.1) is 30.9 Å². The Bertz CT molecular complexity index is 1600. The third-order valence-corrected chi connectivity index (χ3v) is 7.95. The first-order valence-electron chi connectivity index (χ1n) is 15.5. The molecule has 1 fully saturated rings. The third kappa shape index (κ3) is 7.35. The lowest BCUT2D eigenvalue weighted by Crippen LogP contribution is -2.52. The van der Waals surface area contributed by atoms with Crippen LogP contribution in [-0.2, 0) is 11.2 Å². The Morgan fingerprint density at radius 2 is 1.91 bits per heavy atom. The highest BCUT2D eigenvalue weighted by Gasteiger charge is 2.35. The number of amides is 1. The predicted molar refractivity (Wildman–Crippen MR) is 172 cm³/mol. The van der Waals surface area contributed by atoms with E-state index in [-0.39, 0.29) is 37.1 Å². The molecular weight excluding hydrogens is 591 g/mol. The van der Waals surface area contributed by atoms with Crippen molar-refractivity contribution in [3.8, 4) is 11.5 Å². The predicted octanol–water partition coefficient (Wildman–Crippen LogP) is 3.57. The first-order valence-corrected chi connectivity index (χ1v) is 15.5. The highest BCUT2D eigenvalue weighted by Crippen LogP contribution is 2.44. The molecule has 3 aliphatic rings. The number of nitrogens with zero attached hydrogens (tertiary/aromatic N) is 5. The standard InChI is InChI=1S/C34H39FN6O5/c1-22-18-40(19-23(2)46-22)20-34(3,43)21-45-28-11-10-27-29(30(28)44-16-12-24-6-8-26(35)9-7-24)38-33(41-15-14-37-31(27)41)39-32(42)25-5-4-13-36-17-25/h4-11,13,17,22-23,43H,12,14-16,18-21H2,1-3H3,(H,38,39,42)/t22-,23+,34?. The van der Waals surface area contributed by atoms with Gasteiger partial charge in [-0.3, -0.25) is 29.9 Å². The summed E-state index contributed by atoms with van der Waals surface area (Å²) in [4.78, 5) is 30.8. The van der Waals surface area contributed by atoms with Gasteiger partial charge in [0.25, 0.3) is 5.91 Å². The third-order valence-electron chi connectivity index (χ3n) is 7.95. The Morgan fingerprint density at radius 3 is 2.65 bits per heavy atom. The van der Waals surface area contributed by atoms with Gasteiger partial charge in [-0.15, -0.1) is 0 Å². The second-order valence-corrected chi connectivity index (χ2v) is 12.2. The van der Waals surface area contributed by atoms with Gasteiger partial charge in [-0.25, -0.2) is 9.38 Å².